The number of nitrogens with zero attached hydrogens (tertiary/aromatic N) is 3. The van der Waals surface area contributed by atoms with Gasteiger partial charge in [-0.3, -0.25) is 4.79 Å². The van der Waals surface area contributed by atoms with E-state index in [1.807, 2.05) is 26.0 Å². The Morgan fingerprint density at radius 3 is 2.82 bits per heavy atom. The number of amides is 1. The van der Waals surface area contributed by atoms with Gasteiger partial charge in [-0.05, 0) is 38.8 Å². The Kier molecular flexibility index (Phi) is 6.94. The van der Waals surface area contributed by atoms with Crippen LogP contribution in [0.4, 0.5) is 5.13 Å². The summed E-state index contributed by atoms with van der Waals surface area (Å²) in [7, 11) is 1.65. The number of aromatic nitrogens is 3. The molecule has 1 aliphatic rings. The number of imidazole rings is 1. The summed E-state index contributed by atoms with van der Waals surface area (Å²) >= 11 is 1.47. The second-order valence-electron chi connectivity index (χ2n) is 7.97. The average molecular weight is 472 g/mol. The summed E-state index contributed by atoms with van der Waals surface area (Å²) < 4.78 is 11.7. The number of methoxy groups -OCH3 is 1. The molecule has 0 saturated carbocycles. The predicted molar refractivity (Wildman–Crippen MR) is 127 cm³/mol. The number of hydrogen-bond acceptors (Lipinski definition) is 8. The molecular formula is C23H29N5O4S. The maximum absolute atomic E-state index is 12.8. The number of hydrogen-bond donors (Lipinski definition) is 2. The first-order chi connectivity index (χ1) is 15.9. The molecule has 0 spiro atoms. The molecule has 1 aromatic carbocycles. The highest BCUT2D eigenvalue weighted by atomic mass is 32.1. The van der Waals surface area contributed by atoms with Crippen molar-refractivity contribution in [3.05, 3.63) is 41.0 Å². The molecule has 10 heteroatoms. The Hall–Kier alpha value is -2.98. The molecule has 3 heterocycles. The van der Waals surface area contributed by atoms with Crippen molar-refractivity contribution in [3.8, 4) is 0 Å². The topological polar surface area (TPSA) is 109 Å². The smallest absolute Gasteiger partial charge is 0.339 e. The van der Waals surface area contributed by atoms with Gasteiger partial charge in [-0.2, -0.15) is 0 Å². The van der Waals surface area contributed by atoms with Gasteiger partial charge in [0.05, 0.1) is 40.2 Å². The van der Waals surface area contributed by atoms with Crippen LogP contribution in [-0.4, -0.2) is 65.8 Å². The lowest BCUT2D eigenvalue weighted by atomic mass is 10.0. The fourth-order valence-corrected chi connectivity index (χ4v) is 5.22. The summed E-state index contributed by atoms with van der Waals surface area (Å²) in [6, 6.07) is 5.34. The monoisotopic (exact) mass is 471 g/mol. The number of carbonyl (C=O) groups excluding carboxylic acids is 2. The Balaban J connectivity index is 1.48. The van der Waals surface area contributed by atoms with Gasteiger partial charge in [0.15, 0.2) is 11.0 Å². The number of fused-ring (bicyclic) bond motifs is 1. The van der Waals surface area contributed by atoms with Gasteiger partial charge in [0.25, 0.3) is 5.91 Å². The number of anilines is 1. The Bertz CT molecular complexity index is 1160. The zero-order valence-electron chi connectivity index (χ0n) is 19.3. The van der Waals surface area contributed by atoms with Crippen LogP contribution in [0.25, 0.3) is 10.2 Å². The van der Waals surface area contributed by atoms with E-state index in [2.05, 4.69) is 20.2 Å². The first-order valence-electron chi connectivity index (χ1n) is 11.2. The molecule has 1 aliphatic heterocycles. The number of nitrogens with one attached hydrogen (secondary N) is 2. The first-order valence-corrected chi connectivity index (χ1v) is 12.0. The molecule has 2 atom stereocenters. The Morgan fingerprint density at radius 1 is 1.30 bits per heavy atom. The molecule has 176 valence electrons. The van der Waals surface area contributed by atoms with Gasteiger partial charge in [0.2, 0.25) is 0 Å². The highest BCUT2D eigenvalue weighted by molar-refractivity contribution is 7.22. The molecule has 1 amide bonds. The van der Waals surface area contributed by atoms with Gasteiger partial charge in [-0.15, -0.1) is 0 Å². The van der Waals surface area contributed by atoms with Crippen molar-refractivity contribution in [2.75, 3.05) is 31.7 Å². The van der Waals surface area contributed by atoms with Crippen molar-refractivity contribution >= 4 is 38.6 Å². The second-order valence-corrected chi connectivity index (χ2v) is 8.95. The minimum absolute atomic E-state index is 0.140. The fraction of sp³-hybridized carbons (Fsp3) is 0.478. The van der Waals surface area contributed by atoms with Crippen molar-refractivity contribution in [1.29, 1.82) is 0 Å². The third-order valence-electron chi connectivity index (χ3n) is 5.88. The summed E-state index contributed by atoms with van der Waals surface area (Å²) in [5, 5.41) is 3.90. The molecule has 0 aliphatic carbocycles. The van der Waals surface area contributed by atoms with E-state index in [1.54, 1.807) is 20.1 Å². The van der Waals surface area contributed by atoms with Crippen LogP contribution in [-0.2, 0) is 15.9 Å². The molecule has 0 unspecified atom stereocenters. The summed E-state index contributed by atoms with van der Waals surface area (Å²) in [5.41, 5.74) is 3.11. The molecule has 33 heavy (non-hydrogen) atoms. The predicted octanol–water partition coefficient (Wildman–Crippen LogP) is 3.09. The maximum Gasteiger partial charge on any atom is 0.339 e. The van der Waals surface area contributed by atoms with Gasteiger partial charge < -0.3 is 24.7 Å². The van der Waals surface area contributed by atoms with Crippen molar-refractivity contribution in [3.63, 3.8) is 0 Å². The quantitative estimate of drug-likeness (QED) is 0.510. The van der Waals surface area contributed by atoms with E-state index in [1.165, 1.54) is 11.3 Å². The highest BCUT2D eigenvalue weighted by Gasteiger charge is 2.33. The number of ether oxygens (including phenoxy) is 2. The second kappa shape index (κ2) is 9.88. The zero-order valence-corrected chi connectivity index (χ0v) is 20.1. The molecule has 3 aromatic rings. The summed E-state index contributed by atoms with van der Waals surface area (Å²) in [4.78, 5) is 39.4. The molecule has 1 saturated heterocycles. The number of esters is 1. The van der Waals surface area contributed by atoms with Crippen molar-refractivity contribution in [2.45, 2.75) is 45.8 Å². The molecule has 0 bridgehead atoms. The third-order valence-corrected chi connectivity index (χ3v) is 7.05. The van der Waals surface area contributed by atoms with Crippen molar-refractivity contribution in [1.82, 2.24) is 20.3 Å². The van der Waals surface area contributed by atoms with Crippen LogP contribution in [0.5, 0.6) is 0 Å². The van der Waals surface area contributed by atoms with E-state index in [9.17, 15) is 9.59 Å². The fourth-order valence-electron chi connectivity index (χ4n) is 4.12. The zero-order chi connectivity index (χ0) is 23.5. The standard InChI is InChI=1S/C23H29N5O4S/c1-5-15-13(3)24-20(25-15)21(29)26-16-10-11-28(12-18(16)31-4)23-27-17-9-7-8-14(19(17)33-23)22(30)32-6-2/h7-9,16,18H,5-6,10-12H2,1-4H3,(H,24,25)(H,26,29)/t16-,18+/m0/s1. The number of thiazole rings is 1. The van der Waals surface area contributed by atoms with Gasteiger partial charge >= 0.3 is 5.97 Å². The molecular weight excluding hydrogens is 442 g/mol. The van der Waals surface area contributed by atoms with Crippen LogP contribution in [0, 0.1) is 6.92 Å². The lowest BCUT2D eigenvalue weighted by molar-refractivity contribution is 0.0528. The van der Waals surface area contributed by atoms with Gasteiger partial charge in [-0.1, -0.05) is 24.3 Å². The Labute approximate surface area is 196 Å². The minimum Gasteiger partial charge on any atom is -0.462 e. The lowest BCUT2D eigenvalue weighted by Crippen LogP contribution is -2.55. The van der Waals surface area contributed by atoms with Crippen LogP contribution >= 0.6 is 11.3 Å². The summed E-state index contributed by atoms with van der Waals surface area (Å²) in [5.74, 6) is -0.231. The number of carbonyl (C=O) groups is 2. The van der Waals surface area contributed by atoms with Crippen LogP contribution in [0.2, 0.25) is 0 Å². The van der Waals surface area contributed by atoms with Crippen molar-refractivity contribution in [2.24, 2.45) is 0 Å². The molecule has 2 aromatic heterocycles. The average Bonchev–Trinajstić information content (AvgIpc) is 3.42. The van der Waals surface area contributed by atoms with E-state index >= 15 is 0 Å². The van der Waals surface area contributed by atoms with Crippen LogP contribution in [0.3, 0.4) is 0 Å². The first kappa shape index (κ1) is 23.2. The van der Waals surface area contributed by atoms with Crippen LogP contribution in [0.1, 0.15) is 52.6 Å². The number of piperidine rings is 1. The van der Waals surface area contributed by atoms with E-state index in [0.29, 0.717) is 37.5 Å². The highest BCUT2D eigenvalue weighted by Crippen LogP contribution is 2.33. The van der Waals surface area contributed by atoms with E-state index in [4.69, 9.17) is 14.5 Å². The third kappa shape index (κ3) is 4.72. The van der Waals surface area contributed by atoms with E-state index in [-0.39, 0.29) is 24.0 Å². The van der Waals surface area contributed by atoms with E-state index < -0.39 is 0 Å². The number of aryl methyl sites for hydroxylation is 2. The maximum atomic E-state index is 12.8. The van der Waals surface area contributed by atoms with Gasteiger partial charge in [-0.25, -0.2) is 14.8 Å². The van der Waals surface area contributed by atoms with Crippen LogP contribution in [0.15, 0.2) is 18.2 Å². The molecule has 2 N–H and O–H groups in total. The lowest BCUT2D eigenvalue weighted by Gasteiger charge is -2.37. The van der Waals surface area contributed by atoms with Gasteiger partial charge in [0.1, 0.15) is 0 Å². The number of rotatable bonds is 7. The van der Waals surface area contributed by atoms with E-state index in [0.717, 1.165) is 33.2 Å². The van der Waals surface area contributed by atoms with Gasteiger partial charge in [0, 0.05) is 25.9 Å². The number of H-pyrrole nitrogens is 1. The molecule has 0 radical (unpaired) electrons. The molecule has 1 fully saturated rings. The number of benzene rings is 1. The SMILES string of the molecule is CCOC(=O)c1cccc2nc(N3CC[C@H](NC(=O)c4nc(CC)c(C)[nH]4)[C@H](OC)C3)sc12. The minimum atomic E-state index is -0.339. The normalized spacial score (nSPS) is 18.5. The summed E-state index contributed by atoms with van der Waals surface area (Å²) in [6.45, 7) is 7.33. The number of aromatic amines is 1. The molecule has 9 nitrogen and oxygen atoms in total. The van der Waals surface area contributed by atoms with Crippen molar-refractivity contribution < 1.29 is 19.1 Å². The summed E-state index contributed by atoms with van der Waals surface area (Å²) in [6.07, 6.45) is 1.26. The molecule has 4 rings (SSSR count). The Morgan fingerprint density at radius 2 is 2.12 bits per heavy atom. The largest absolute Gasteiger partial charge is 0.462 e. The van der Waals surface area contributed by atoms with Crippen LogP contribution < -0.4 is 10.2 Å².